The van der Waals surface area contributed by atoms with Crippen LogP contribution in [-0.4, -0.2) is 9.55 Å². The fourth-order valence-electron chi connectivity index (χ4n) is 2.13. The number of imidazole rings is 1. The molecule has 2 heterocycles. The second-order valence-electron chi connectivity index (χ2n) is 3.79. The lowest BCUT2D eigenvalue weighted by atomic mass is 10.3. The molecule has 1 aliphatic carbocycles. The monoisotopic (exact) mass is 222 g/mol. The van der Waals surface area contributed by atoms with E-state index < -0.39 is 0 Å². The Morgan fingerprint density at radius 1 is 1.47 bits per heavy atom. The number of nitrogens with zero attached hydrogens (tertiary/aromatic N) is 2. The van der Waals surface area contributed by atoms with Crippen LogP contribution >= 0.6 is 11.6 Å². The molecule has 78 valence electrons. The van der Waals surface area contributed by atoms with Gasteiger partial charge in [-0.25, -0.2) is 4.98 Å². The molecule has 0 spiro atoms. The average molecular weight is 223 g/mol. The molecular formula is C11H11ClN2O. The van der Waals surface area contributed by atoms with Gasteiger partial charge < -0.3 is 8.98 Å². The van der Waals surface area contributed by atoms with E-state index in [4.69, 9.17) is 16.0 Å². The van der Waals surface area contributed by atoms with Gasteiger partial charge in [0, 0.05) is 5.69 Å². The van der Waals surface area contributed by atoms with Crippen molar-refractivity contribution in [1.29, 1.82) is 0 Å². The Bertz CT molecular complexity index is 473. The smallest absolute Gasteiger partial charge is 0.203 e. The zero-order valence-corrected chi connectivity index (χ0v) is 9.00. The Labute approximate surface area is 92.7 Å². The molecule has 2 aromatic rings. The van der Waals surface area contributed by atoms with E-state index in [2.05, 4.69) is 4.98 Å². The summed E-state index contributed by atoms with van der Waals surface area (Å²) < 4.78 is 7.36. The van der Waals surface area contributed by atoms with Gasteiger partial charge in [-0.05, 0) is 43.0 Å². The van der Waals surface area contributed by atoms with Crippen molar-refractivity contribution in [1.82, 2.24) is 9.55 Å². The molecule has 0 saturated carbocycles. The number of furan rings is 1. The summed E-state index contributed by atoms with van der Waals surface area (Å²) in [6.45, 7) is 0.689. The molecule has 4 heteroatoms. The van der Waals surface area contributed by atoms with Crippen LogP contribution in [0.4, 0.5) is 0 Å². The Kier molecular flexibility index (Phi) is 2.06. The second-order valence-corrected chi connectivity index (χ2v) is 4.13. The van der Waals surface area contributed by atoms with E-state index in [1.807, 2.05) is 16.7 Å². The van der Waals surface area contributed by atoms with E-state index in [0.29, 0.717) is 11.8 Å². The van der Waals surface area contributed by atoms with E-state index in [1.165, 1.54) is 12.1 Å². The van der Waals surface area contributed by atoms with Gasteiger partial charge in [-0.3, -0.25) is 0 Å². The Morgan fingerprint density at radius 3 is 3.20 bits per heavy atom. The molecule has 2 aromatic heterocycles. The molecule has 0 atom stereocenters. The van der Waals surface area contributed by atoms with E-state index >= 15 is 0 Å². The maximum atomic E-state index is 6.09. The summed E-state index contributed by atoms with van der Waals surface area (Å²) >= 11 is 6.09. The van der Waals surface area contributed by atoms with Crippen molar-refractivity contribution in [3.8, 4) is 0 Å². The molecule has 15 heavy (non-hydrogen) atoms. The van der Waals surface area contributed by atoms with Gasteiger partial charge in [-0.2, -0.15) is 0 Å². The van der Waals surface area contributed by atoms with Crippen LogP contribution in [0, 0.1) is 0 Å². The number of aromatic nitrogens is 2. The maximum absolute atomic E-state index is 6.09. The summed E-state index contributed by atoms with van der Waals surface area (Å²) in [7, 11) is 0. The topological polar surface area (TPSA) is 31.0 Å². The van der Waals surface area contributed by atoms with Crippen LogP contribution in [0.3, 0.4) is 0 Å². The standard InChI is InChI=1S/C11H11ClN2O/c12-11-13-9-4-1-5-10(9)14(11)7-8-3-2-6-15-8/h2-3,6H,1,4-5,7H2. The van der Waals surface area contributed by atoms with Crippen LogP contribution in [0.5, 0.6) is 0 Å². The normalized spacial score (nSPS) is 14.5. The first-order chi connectivity index (χ1) is 7.34. The molecule has 0 amide bonds. The van der Waals surface area contributed by atoms with Crippen molar-refractivity contribution in [3.05, 3.63) is 40.8 Å². The van der Waals surface area contributed by atoms with Crippen molar-refractivity contribution in [3.63, 3.8) is 0 Å². The number of hydrogen-bond acceptors (Lipinski definition) is 2. The molecule has 0 fully saturated rings. The van der Waals surface area contributed by atoms with Crippen molar-refractivity contribution < 1.29 is 4.42 Å². The van der Waals surface area contributed by atoms with Gasteiger partial charge >= 0.3 is 0 Å². The molecule has 3 rings (SSSR count). The number of rotatable bonds is 2. The summed E-state index contributed by atoms with van der Waals surface area (Å²) in [4.78, 5) is 4.36. The summed E-state index contributed by atoms with van der Waals surface area (Å²) in [5.41, 5.74) is 2.43. The van der Waals surface area contributed by atoms with Crippen LogP contribution in [0.1, 0.15) is 23.6 Å². The number of aryl methyl sites for hydroxylation is 1. The van der Waals surface area contributed by atoms with Crippen molar-refractivity contribution in [2.24, 2.45) is 0 Å². The third-order valence-electron chi connectivity index (χ3n) is 2.83. The highest BCUT2D eigenvalue weighted by molar-refractivity contribution is 6.28. The lowest BCUT2D eigenvalue weighted by molar-refractivity contribution is 0.490. The van der Waals surface area contributed by atoms with Crippen molar-refractivity contribution >= 4 is 11.6 Å². The third kappa shape index (κ3) is 1.47. The first kappa shape index (κ1) is 9.04. The van der Waals surface area contributed by atoms with Crippen molar-refractivity contribution in [2.75, 3.05) is 0 Å². The third-order valence-corrected chi connectivity index (χ3v) is 3.12. The lowest BCUT2D eigenvalue weighted by Gasteiger charge is -2.04. The highest BCUT2D eigenvalue weighted by Crippen LogP contribution is 2.26. The highest BCUT2D eigenvalue weighted by atomic mass is 35.5. The van der Waals surface area contributed by atoms with Gasteiger partial charge in [0.25, 0.3) is 0 Å². The summed E-state index contributed by atoms with van der Waals surface area (Å²) in [6.07, 6.45) is 5.00. The van der Waals surface area contributed by atoms with E-state index in [1.54, 1.807) is 6.26 Å². The Balaban J connectivity index is 1.98. The number of hydrogen-bond donors (Lipinski definition) is 0. The molecule has 0 radical (unpaired) electrons. The largest absolute Gasteiger partial charge is 0.467 e. The predicted octanol–water partition coefficient (Wildman–Crippen LogP) is 2.67. The number of halogens is 1. The average Bonchev–Trinajstić information content (AvgIpc) is 2.86. The molecule has 0 saturated heterocycles. The zero-order valence-electron chi connectivity index (χ0n) is 8.24. The lowest BCUT2D eigenvalue weighted by Crippen LogP contribution is -2.02. The number of fused-ring (bicyclic) bond motifs is 1. The molecule has 0 aliphatic heterocycles. The molecule has 1 aliphatic rings. The molecule has 0 unspecified atom stereocenters. The van der Waals surface area contributed by atoms with Crippen LogP contribution in [-0.2, 0) is 19.4 Å². The minimum absolute atomic E-state index is 0.580. The van der Waals surface area contributed by atoms with E-state index in [-0.39, 0.29) is 0 Å². The predicted molar refractivity (Wildman–Crippen MR) is 57.1 cm³/mol. The summed E-state index contributed by atoms with van der Waals surface area (Å²) in [6, 6.07) is 3.85. The Morgan fingerprint density at radius 2 is 2.40 bits per heavy atom. The van der Waals surface area contributed by atoms with Gasteiger partial charge in [0.15, 0.2) is 0 Å². The van der Waals surface area contributed by atoms with Gasteiger partial charge in [-0.1, -0.05) is 0 Å². The fourth-order valence-corrected chi connectivity index (χ4v) is 2.39. The van der Waals surface area contributed by atoms with Gasteiger partial charge in [0.2, 0.25) is 5.28 Å². The molecule has 3 nitrogen and oxygen atoms in total. The molecule has 0 bridgehead atoms. The van der Waals surface area contributed by atoms with Crippen LogP contribution in [0.25, 0.3) is 0 Å². The van der Waals surface area contributed by atoms with Crippen LogP contribution in [0.15, 0.2) is 22.8 Å². The van der Waals surface area contributed by atoms with Crippen LogP contribution in [0.2, 0.25) is 5.28 Å². The summed E-state index contributed by atoms with van der Waals surface area (Å²) in [5, 5.41) is 0.580. The molecule has 0 N–H and O–H groups in total. The van der Waals surface area contributed by atoms with Gasteiger partial charge in [-0.15, -0.1) is 0 Å². The van der Waals surface area contributed by atoms with Gasteiger partial charge in [0.05, 0.1) is 18.5 Å². The fraction of sp³-hybridized carbons (Fsp3) is 0.364. The molecular weight excluding hydrogens is 212 g/mol. The second kappa shape index (κ2) is 3.42. The Hall–Kier alpha value is -1.22. The first-order valence-corrected chi connectivity index (χ1v) is 5.48. The van der Waals surface area contributed by atoms with E-state index in [9.17, 15) is 0 Å². The maximum Gasteiger partial charge on any atom is 0.203 e. The SMILES string of the molecule is Clc1nc2c(n1Cc1ccco1)CCC2. The quantitative estimate of drug-likeness (QED) is 0.782. The van der Waals surface area contributed by atoms with Gasteiger partial charge in [0.1, 0.15) is 5.76 Å². The van der Waals surface area contributed by atoms with E-state index in [0.717, 1.165) is 24.3 Å². The minimum atomic E-state index is 0.580. The zero-order chi connectivity index (χ0) is 10.3. The van der Waals surface area contributed by atoms with Crippen molar-refractivity contribution in [2.45, 2.75) is 25.8 Å². The van der Waals surface area contributed by atoms with Crippen LogP contribution < -0.4 is 0 Å². The minimum Gasteiger partial charge on any atom is -0.467 e. The summed E-state index contributed by atoms with van der Waals surface area (Å²) in [5.74, 6) is 0.920. The highest BCUT2D eigenvalue weighted by Gasteiger charge is 2.20. The molecule has 0 aromatic carbocycles. The first-order valence-electron chi connectivity index (χ1n) is 5.11.